The van der Waals surface area contributed by atoms with E-state index in [1.807, 2.05) is 29.2 Å². The van der Waals surface area contributed by atoms with Crippen LogP contribution in [0.2, 0.25) is 0 Å². The van der Waals surface area contributed by atoms with E-state index in [0.717, 1.165) is 31.1 Å². The van der Waals surface area contributed by atoms with Gasteiger partial charge in [0.15, 0.2) is 11.5 Å². The van der Waals surface area contributed by atoms with Crippen LogP contribution in [0.15, 0.2) is 36.7 Å². The molecule has 0 radical (unpaired) electrons. The molecule has 1 saturated heterocycles. The Kier molecular flexibility index (Phi) is 3.72. The molecule has 22 heavy (non-hydrogen) atoms. The van der Waals surface area contributed by atoms with E-state index in [0.29, 0.717) is 19.3 Å². The van der Waals surface area contributed by atoms with Gasteiger partial charge in [-0.1, -0.05) is 12.1 Å². The normalized spacial score (nSPS) is 21.2. The van der Waals surface area contributed by atoms with Crippen LogP contribution in [0.4, 0.5) is 0 Å². The minimum absolute atomic E-state index is 0.542. The van der Waals surface area contributed by atoms with Crippen LogP contribution in [0, 0.1) is 0 Å². The predicted molar refractivity (Wildman–Crippen MR) is 83.1 cm³/mol. The molecule has 5 nitrogen and oxygen atoms in total. The molecule has 0 spiro atoms. The van der Waals surface area contributed by atoms with Crippen molar-refractivity contribution in [1.29, 1.82) is 0 Å². The highest BCUT2D eigenvalue weighted by Gasteiger charge is 2.27. The van der Waals surface area contributed by atoms with Crippen LogP contribution in [-0.2, 0) is 13.1 Å². The van der Waals surface area contributed by atoms with Gasteiger partial charge in [-0.25, -0.2) is 0 Å². The molecule has 1 aromatic heterocycles. The number of hydrogen-bond donors (Lipinski definition) is 0. The number of hydrogen-bond acceptors (Lipinski definition) is 4. The fraction of sp³-hybridized carbons (Fsp3) is 0.471. The van der Waals surface area contributed by atoms with Crippen LogP contribution >= 0.6 is 0 Å². The second kappa shape index (κ2) is 6.01. The zero-order chi connectivity index (χ0) is 14.8. The molecule has 2 aliphatic rings. The Hall–Kier alpha value is -2.01. The molecule has 116 valence electrons. The van der Waals surface area contributed by atoms with Crippen molar-refractivity contribution >= 4 is 0 Å². The van der Waals surface area contributed by atoms with E-state index < -0.39 is 0 Å². The van der Waals surface area contributed by atoms with Crippen molar-refractivity contribution in [2.75, 3.05) is 19.8 Å². The number of likely N-dealkylation sites (tertiary alicyclic amines) is 1. The highest BCUT2D eigenvalue weighted by molar-refractivity contribution is 5.47. The van der Waals surface area contributed by atoms with Gasteiger partial charge in [-0.3, -0.25) is 9.58 Å². The molecule has 4 rings (SSSR count). The van der Waals surface area contributed by atoms with Gasteiger partial charge in [0, 0.05) is 30.5 Å². The van der Waals surface area contributed by atoms with Crippen LogP contribution in [0.25, 0.3) is 0 Å². The Morgan fingerprint density at radius 2 is 2.14 bits per heavy atom. The van der Waals surface area contributed by atoms with Crippen molar-refractivity contribution in [3.63, 3.8) is 0 Å². The Balaban J connectivity index is 1.50. The zero-order valence-corrected chi connectivity index (χ0v) is 12.6. The summed E-state index contributed by atoms with van der Waals surface area (Å²) in [7, 11) is 0. The lowest BCUT2D eigenvalue weighted by Crippen LogP contribution is -2.33. The van der Waals surface area contributed by atoms with E-state index in [1.54, 1.807) is 0 Å². The minimum Gasteiger partial charge on any atom is -0.486 e. The summed E-state index contributed by atoms with van der Waals surface area (Å²) in [6.07, 6.45) is 6.36. The van der Waals surface area contributed by atoms with Crippen molar-refractivity contribution in [1.82, 2.24) is 14.7 Å². The first-order valence-corrected chi connectivity index (χ1v) is 7.99. The molecular formula is C17H21N3O2. The Bertz CT molecular complexity index is 627. The van der Waals surface area contributed by atoms with Crippen LogP contribution in [0.3, 0.4) is 0 Å². The lowest BCUT2D eigenvalue weighted by Gasteiger charge is -2.27. The third-order valence-electron chi connectivity index (χ3n) is 4.48. The molecular weight excluding hydrogens is 278 g/mol. The number of para-hydroxylation sites is 1. The van der Waals surface area contributed by atoms with Crippen molar-refractivity contribution in [2.45, 2.75) is 32.0 Å². The summed E-state index contributed by atoms with van der Waals surface area (Å²) in [6.45, 7) is 4.29. The molecule has 0 saturated carbocycles. The number of nitrogens with zero attached hydrogens (tertiary/aromatic N) is 3. The van der Waals surface area contributed by atoms with Gasteiger partial charge in [0.25, 0.3) is 0 Å². The molecule has 1 atom stereocenters. The van der Waals surface area contributed by atoms with Gasteiger partial charge < -0.3 is 9.47 Å². The van der Waals surface area contributed by atoms with Crippen LogP contribution in [0.5, 0.6) is 11.5 Å². The van der Waals surface area contributed by atoms with Gasteiger partial charge in [0.2, 0.25) is 0 Å². The average molecular weight is 299 g/mol. The topological polar surface area (TPSA) is 39.5 Å². The van der Waals surface area contributed by atoms with Crippen molar-refractivity contribution in [2.24, 2.45) is 0 Å². The Labute approximate surface area is 130 Å². The van der Waals surface area contributed by atoms with Gasteiger partial charge in [-0.15, -0.1) is 0 Å². The lowest BCUT2D eigenvalue weighted by atomic mass is 10.1. The molecule has 2 aromatic rings. The molecule has 0 bridgehead atoms. The second-order valence-electron chi connectivity index (χ2n) is 5.94. The van der Waals surface area contributed by atoms with Gasteiger partial charge in [0.1, 0.15) is 13.2 Å². The van der Waals surface area contributed by atoms with Crippen LogP contribution in [0.1, 0.15) is 18.4 Å². The largest absolute Gasteiger partial charge is 0.486 e. The summed E-state index contributed by atoms with van der Waals surface area (Å²) in [4.78, 5) is 2.54. The molecule has 5 heteroatoms. The summed E-state index contributed by atoms with van der Waals surface area (Å²) in [5.41, 5.74) is 1.23. The molecule has 0 N–H and O–H groups in total. The van der Waals surface area contributed by atoms with E-state index in [4.69, 9.17) is 9.47 Å². The van der Waals surface area contributed by atoms with Crippen LogP contribution in [-0.4, -0.2) is 40.5 Å². The van der Waals surface area contributed by atoms with E-state index in [9.17, 15) is 0 Å². The lowest BCUT2D eigenvalue weighted by molar-refractivity contribution is 0.164. The molecule has 2 aliphatic heterocycles. The summed E-state index contributed by atoms with van der Waals surface area (Å²) in [5, 5.41) is 4.34. The maximum Gasteiger partial charge on any atom is 0.165 e. The summed E-state index contributed by atoms with van der Waals surface area (Å²) in [5.74, 6) is 1.81. The minimum atomic E-state index is 0.542. The van der Waals surface area contributed by atoms with Crippen molar-refractivity contribution in [3.05, 3.63) is 42.2 Å². The first-order chi connectivity index (χ1) is 10.9. The van der Waals surface area contributed by atoms with Crippen molar-refractivity contribution < 1.29 is 9.47 Å². The number of aromatic nitrogens is 2. The third kappa shape index (κ3) is 2.68. The fourth-order valence-electron chi connectivity index (χ4n) is 3.41. The number of benzene rings is 1. The highest BCUT2D eigenvalue weighted by Crippen LogP contribution is 2.35. The number of ether oxygens (including phenoxy) is 2. The quantitative estimate of drug-likeness (QED) is 0.868. The van der Waals surface area contributed by atoms with E-state index in [1.165, 1.54) is 18.4 Å². The summed E-state index contributed by atoms with van der Waals surface area (Å²) in [6, 6.07) is 8.72. The van der Waals surface area contributed by atoms with Gasteiger partial charge >= 0.3 is 0 Å². The Morgan fingerprint density at radius 1 is 1.18 bits per heavy atom. The second-order valence-corrected chi connectivity index (χ2v) is 5.94. The molecule has 0 amide bonds. The van der Waals surface area contributed by atoms with E-state index >= 15 is 0 Å². The monoisotopic (exact) mass is 299 g/mol. The summed E-state index contributed by atoms with van der Waals surface area (Å²) >= 11 is 0. The summed E-state index contributed by atoms with van der Waals surface area (Å²) < 4.78 is 13.6. The third-order valence-corrected chi connectivity index (χ3v) is 4.48. The molecule has 0 aliphatic carbocycles. The Morgan fingerprint density at radius 3 is 3.05 bits per heavy atom. The van der Waals surface area contributed by atoms with Crippen molar-refractivity contribution in [3.8, 4) is 11.5 Å². The average Bonchev–Trinajstić information content (AvgIpc) is 3.21. The zero-order valence-electron chi connectivity index (χ0n) is 12.6. The molecule has 3 heterocycles. The molecule has 1 fully saturated rings. The maximum absolute atomic E-state index is 5.84. The standard InChI is InChI=1S/C17H21N3O2/c1-4-14(17-16(6-1)21-10-11-22-17)12-19-8-2-5-15(19)13-20-9-3-7-18-20/h1,3-4,6-7,9,15H,2,5,8,10-13H2. The van der Waals surface area contributed by atoms with Gasteiger partial charge in [-0.05, 0) is 31.5 Å². The first kappa shape index (κ1) is 13.6. The fourth-order valence-corrected chi connectivity index (χ4v) is 3.41. The van der Waals surface area contributed by atoms with E-state index in [-0.39, 0.29) is 0 Å². The SMILES string of the molecule is c1cc(CN2CCCC2Cn2cccn2)c2c(c1)OCCO2. The van der Waals surface area contributed by atoms with Gasteiger partial charge in [-0.2, -0.15) is 5.10 Å². The maximum atomic E-state index is 5.84. The van der Waals surface area contributed by atoms with Gasteiger partial charge in [0.05, 0.1) is 6.54 Å². The molecule has 1 unspecified atom stereocenters. The smallest absolute Gasteiger partial charge is 0.165 e. The molecule has 1 aromatic carbocycles. The highest BCUT2D eigenvalue weighted by atomic mass is 16.6. The number of fused-ring (bicyclic) bond motifs is 1. The van der Waals surface area contributed by atoms with E-state index in [2.05, 4.69) is 22.1 Å². The number of rotatable bonds is 4. The predicted octanol–water partition coefficient (Wildman–Crippen LogP) is 2.32. The first-order valence-electron chi connectivity index (χ1n) is 7.99. The van der Waals surface area contributed by atoms with Crippen LogP contribution < -0.4 is 9.47 Å².